The fraction of sp³-hybridized carbons (Fsp3) is 0.727. The molecule has 78 valence electrons. The second-order valence-corrected chi connectivity index (χ2v) is 3.34. The molecule has 3 heteroatoms. The van der Waals surface area contributed by atoms with Crippen LogP contribution in [0, 0.1) is 0 Å². The van der Waals surface area contributed by atoms with Crippen LogP contribution in [0.15, 0.2) is 12.7 Å². The number of allylic oxidation sites excluding steroid dienone is 1. The summed E-state index contributed by atoms with van der Waals surface area (Å²) in [4.78, 5) is 10.2. The molecule has 0 radical (unpaired) electrons. The average molecular weight is 297 g/mol. The quantitative estimate of drug-likeness (QED) is 0.402. The van der Waals surface area contributed by atoms with Crippen molar-refractivity contribution in [1.29, 1.82) is 0 Å². The normalized spacial score (nSPS) is 9.14. The van der Waals surface area contributed by atoms with Gasteiger partial charge in [-0.2, -0.15) is 0 Å². The number of hydrogen-bond acceptors (Lipinski definition) is 1. The Hall–Kier alpha value is 0.132. The van der Waals surface area contributed by atoms with Crippen molar-refractivity contribution in [3.05, 3.63) is 12.7 Å². The molecule has 0 rings (SSSR count). The maximum absolute atomic E-state index is 10.2. The molecule has 14 heavy (non-hydrogen) atoms. The Morgan fingerprint density at radius 1 is 1.07 bits per heavy atom. The van der Waals surface area contributed by atoms with Crippen LogP contribution >= 0.6 is 0 Å². The molecule has 0 unspecified atom stereocenters. The topological polar surface area (TPSA) is 37.3 Å². The van der Waals surface area contributed by atoms with E-state index in [1.54, 1.807) is 0 Å². The number of rotatable bonds is 9. The zero-order chi connectivity index (χ0) is 9.94. The number of aliphatic carboxylic acids is 1. The molecule has 0 saturated carbocycles. The molecule has 2 nitrogen and oxygen atoms in total. The van der Waals surface area contributed by atoms with Gasteiger partial charge in [0.15, 0.2) is 0 Å². The van der Waals surface area contributed by atoms with Crippen LogP contribution in [-0.2, 0) is 32.1 Å². The summed E-state index contributed by atoms with van der Waals surface area (Å²) in [5.74, 6) is -0.674. The fourth-order valence-electron chi connectivity index (χ4n) is 1.27. The molecule has 0 aliphatic heterocycles. The molecule has 0 spiro atoms. The van der Waals surface area contributed by atoms with Gasteiger partial charge in [-0.15, -0.1) is 6.58 Å². The fourth-order valence-corrected chi connectivity index (χ4v) is 1.27. The predicted octanol–water partition coefficient (Wildman–Crippen LogP) is 3.38. The number of carboxylic acids is 1. The van der Waals surface area contributed by atoms with Gasteiger partial charge in [0.25, 0.3) is 0 Å². The van der Waals surface area contributed by atoms with E-state index >= 15 is 0 Å². The smallest absolute Gasteiger partial charge is 0.303 e. The van der Waals surface area contributed by atoms with Crippen LogP contribution < -0.4 is 0 Å². The van der Waals surface area contributed by atoms with Gasteiger partial charge in [-0.3, -0.25) is 4.79 Å². The second kappa shape index (κ2) is 13.1. The summed E-state index contributed by atoms with van der Waals surface area (Å²) < 4.78 is 0. The van der Waals surface area contributed by atoms with Crippen LogP contribution in [-0.4, -0.2) is 11.1 Å². The van der Waals surface area contributed by atoms with Crippen molar-refractivity contribution in [3.63, 3.8) is 0 Å². The Kier molecular flexibility index (Phi) is 15.5. The first-order valence-electron chi connectivity index (χ1n) is 5.10. The van der Waals surface area contributed by atoms with Crippen molar-refractivity contribution in [2.24, 2.45) is 0 Å². The molecule has 0 atom stereocenters. The minimum absolute atomic E-state index is 0. The molecule has 0 heterocycles. The van der Waals surface area contributed by atoms with E-state index in [1.807, 2.05) is 6.08 Å². The molecular formula is C11H20CdO2. The molecule has 0 aromatic heterocycles. The van der Waals surface area contributed by atoms with E-state index in [0.717, 1.165) is 19.3 Å². The zero-order valence-electron chi connectivity index (χ0n) is 9.00. The standard InChI is InChI=1S/C11H20O2.Cd/c1-2-3-4-5-6-7-8-9-10-11(12)13;/h2H,1,3-10H2,(H,12,13);. The number of hydrogen-bond donors (Lipinski definition) is 1. The maximum Gasteiger partial charge on any atom is 0.303 e. The SMILES string of the molecule is C=CCCCCCCCCC(=O)O.[Cd]. The summed E-state index contributed by atoms with van der Waals surface area (Å²) in [6.07, 6.45) is 10.1. The minimum Gasteiger partial charge on any atom is -0.481 e. The van der Waals surface area contributed by atoms with E-state index in [2.05, 4.69) is 6.58 Å². The largest absolute Gasteiger partial charge is 0.481 e. The van der Waals surface area contributed by atoms with Crippen molar-refractivity contribution in [3.8, 4) is 0 Å². The van der Waals surface area contributed by atoms with Crippen molar-refractivity contribution >= 4 is 5.97 Å². The first-order chi connectivity index (χ1) is 6.27. The molecule has 0 aliphatic carbocycles. The van der Waals surface area contributed by atoms with E-state index in [4.69, 9.17) is 5.11 Å². The van der Waals surface area contributed by atoms with Gasteiger partial charge in [0, 0.05) is 33.7 Å². The average Bonchev–Trinajstić information content (AvgIpc) is 2.09. The molecule has 1 N–H and O–H groups in total. The van der Waals surface area contributed by atoms with Gasteiger partial charge in [0.2, 0.25) is 0 Å². The summed E-state index contributed by atoms with van der Waals surface area (Å²) in [7, 11) is 0. The van der Waals surface area contributed by atoms with Gasteiger partial charge in [0.05, 0.1) is 0 Å². The number of unbranched alkanes of at least 4 members (excludes halogenated alkanes) is 6. The van der Waals surface area contributed by atoms with E-state index < -0.39 is 5.97 Å². The first-order valence-corrected chi connectivity index (χ1v) is 5.10. The van der Waals surface area contributed by atoms with Crippen LogP contribution in [0.3, 0.4) is 0 Å². The second-order valence-electron chi connectivity index (χ2n) is 3.34. The maximum atomic E-state index is 10.2. The molecule has 0 aromatic rings. The number of carbonyl (C=O) groups is 1. The molecule has 0 bridgehead atoms. The zero-order valence-corrected chi connectivity index (χ0v) is 13.0. The molecule has 0 aliphatic rings. The monoisotopic (exact) mass is 298 g/mol. The van der Waals surface area contributed by atoms with Crippen LogP contribution in [0.25, 0.3) is 0 Å². The van der Waals surface area contributed by atoms with Crippen molar-refractivity contribution in [1.82, 2.24) is 0 Å². The molecule has 0 saturated heterocycles. The Bertz CT molecular complexity index is 146. The first kappa shape index (κ1) is 16.6. The van der Waals surface area contributed by atoms with Gasteiger partial charge in [-0.05, 0) is 19.3 Å². The van der Waals surface area contributed by atoms with E-state index in [1.165, 1.54) is 25.7 Å². The van der Waals surface area contributed by atoms with Crippen molar-refractivity contribution in [2.45, 2.75) is 51.4 Å². The van der Waals surface area contributed by atoms with Crippen LogP contribution in [0.4, 0.5) is 0 Å². The third-order valence-corrected chi connectivity index (χ3v) is 2.05. The van der Waals surface area contributed by atoms with Crippen LogP contribution in [0.2, 0.25) is 0 Å². The van der Waals surface area contributed by atoms with Crippen molar-refractivity contribution < 1.29 is 37.2 Å². The van der Waals surface area contributed by atoms with E-state index in [9.17, 15) is 4.79 Å². The van der Waals surface area contributed by atoms with Crippen LogP contribution in [0.1, 0.15) is 51.4 Å². The molecule has 0 aromatic carbocycles. The van der Waals surface area contributed by atoms with E-state index in [0.29, 0.717) is 6.42 Å². The Morgan fingerprint density at radius 2 is 1.57 bits per heavy atom. The van der Waals surface area contributed by atoms with Gasteiger partial charge < -0.3 is 5.11 Å². The molecular weight excluding hydrogens is 277 g/mol. The molecule has 0 amide bonds. The summed E-state index contributed by atoms with van der Waals surface area (Å²) in [6.45, 7) is 3.66. The third-order valence-electron chi connectivity index (χ3n) is 2.05. The van der Waals surface area contributed by atoms with Gasteiger partial charge >= 0.3 is 5.97 Å². The predicted molar refractivity (Wildman–Crippen MR) is 54.8 cm³/mol. The Labute approximate surface area is 107 Å². The molecule has 0 fully saturated rings. The van der Waals surface area contributed by atoms with Gasteiger partial charge in [-0.25, -0.2) is 0 Å². The Morgan fingerprint density at radius 3 is 2.07 bits per heavy atom. The summed E-state index contributed by atoms with van der Waals surface area (Å²) >= 11 is 0. The van der Waals surface area contributed by atoms with Crippen LogP contribution in [0.5, 0.6) is 0 Å². The van der Waals surface area contributed by atoms with Crippen molar-refractivity contribution in [2.75, 3.05) is 0 Å². The van der Waals surface area contributed by atoms with Gasteiger partial charge in [0.1, 0.15) is 0 Å². The number of carboxylic acid groups (broad SMARTS) is 1. The summed E-state index contributed by atoms with van der Waals surface area (Å²) in [5, 5.41) is 8.38. The third kappa shape index (κ3) is 14.6. The summed E-state index contributed by atoms with van der Waals surface area (Å²) in [5.41, 5.74) is 0. The van der Waals surface area contributed by atoms with Gasteiger partial charge in [-0.1, -0.05) is 31.8 Å². The summed E-state index contributed by atoms with van der Waals surface area (Å²) in [6, 6.07) is 0. The Balaban J connectivity index is 0. The van der Waals surface area contributed by atoms with E-state index in [-0.39, 0.29) is 27.3 Å². The minimum atomic E-state index is -0.674.